The molecule has 0 unspecified atom stereocenters. The summed E-state index contributed by atoms with van der Waals surface area (Å²) in [5.74, 6) is 0.0701. The molecule has 174 valence electrons. The molecule has 0 radical (unpaired) electrons. The zero-order valence-corrected chi connectivity index (χ0v) is 19.5. The van der Waals surface area contributed by atoms with Crippen molar-refractivity contribution in [2.24, 2.45) is 0 Å². The van der Waals surface area contributed by atoms with Crippen LogP contribution in [0.2, 0.25) is 0 Å². The van der Waals surface area contributed by atoms with Gasteiger partial charge >= 0.3 is 12.0 Å². The normalized spacial score (nSPS) is 10.4. The van der Waals surface area contributed by atoms with Crippen LogP contribution in [0.3, 0.4) is 0 Å². The molecule has 0 atom stereocenters. The highest BCUT2D eigenvalue weighted by Crippen LogP contribution is 2.20. The van der Waals surface area contributed by atoms with Crippen LogP contribution in [0.1, 0.15) is 16.7 Å². The second-order valence-corrected chi connectivity index (χ2v) is 7.60. The molecule has 2 N–H and O–H groups in total. The Hall–Kier alpha value is -3.01. The second kappa shape index (κ2) is 12.7. The van der Waals surface area contributed by atoms with E-state index < -0.39 is 11.0 Å². The summed E-state index contributed by atoms with van der Waals surface area (Å²) in [7, 11) is 5.52. The van der Waals surface area contributed by atoms with E-state index in [1.807, 2.05) is 31.1 Å². The molecule has 0 aliphatic rings. The van der Waals surface area contributed by atoms with Crippen molar-refractivity contribution in [2.75, 3.05) is 39.1 Å². The van der Waals surface area contributed by atoms with Crippen LogP contribution in [-0.2, 0) is 22.6 Å². The third kappa shape index (κ3) is 8.26. The number of anilines is 1. The van der Waals surface area contributed by atoms with Gasteiger partial charge in [0.15, 0.2) is 0 Å². The van der Waals surface area contributed by atoms with Crippen LogP contribution in [0, 0.1) is 17.0 Å². The predicted molar refractivity (Wildman–Crippen MR) is 117 cm³/mol. The van der Waals surface area contributed by atoms with Crippen molar-refractivity contribution in [1.29, 1.82) is 0 Å². The van der Waals surface area contributed by atoms with E-state index in [0.29, 0.717) is 29.8 Å². The van der Waals surface area contributed by atoms with E-state index >= 15 is 0 Å². The smallest absolute Gasteiger partial charge is 0.414 e. The maximum absolute atomic E-state index is 12.3. The highest BCUT2D eigenvalue weighted by atomic mass is 35.5. The molecule has 0 fully saturated rings. The lowest BCUT2D eigenvalue weighted by Crippen LogP contribution is -3.00. The van der Waals surface area contributed by atoms with E-state index in [1.165, 1.54) is 11.0 Å². The van der Waals surface area contributed by atoms with Crippen LogP contribution in [0.25, 0.3) is 0 Å². The number of likely N-dealkylation sites (N-methyl/N-ethyl adjacent to an activating group) is 1. The quantitative estimate of drug-likeness (QED) is 0.371. The van der Waals surface area contributed by atoms with Gasteiger partial charge in [-0.25, -0.2) is 9.59 Å². The molecule has 0 aliphatic heterocycles. The molecule has 0 heterocycles. The van der Waals surface area contributed by atoms with Crippen molar-refractivity contribution >= 4 is 23.4 Å². The third-order valence-electron chi connectivity index (χ3n) is 4.74. The first kappa shape index (κ1) is 27.0. The molecule has 0 spiro atoms. The van der Waals surface area contributed by atoms with Crippen LogP contribution < -0.4 is 22.6 Å². The Labute approximate surface area is 193 Å². The molecule has 2 rings (SSSR count). The molecule has 9 nitrogen and oxygen atoms in total. The first-order chi connectivity index (χ1) is 14.7. The number of nitrogens with zero attached hydrogens (tertiary/aromatic N) is 3. The number of benzene rings is 2. The maximum Gasteiger partial charge on any atom is 0.414 e. The Bertz CT molecular complexity index is 934. The van der Waals surface area contributed by atoms with Crippen molar-refractivity contribution in [1.82, 2.24) is 4.90 Å². The molecule has 0 aliphatic carbocycles. The number of carbonyl (C=O) groups excluding carboxylic acids is 2. The molecule has 0 aromatic heterocycles. The van der Waals surface area contributed by atoms with Gasteiger partial charge in [-0.05, 0) is 56.4 Å². The largest absolute Gasteiger partial charge is 1.00 e. The van der Waals surface area contributed by atoms with Crippen molar-refractivity contribution in [3.8, 4) is 0 Å². The fraction of sp³-hybridized carbons (Fsp3) is 0.364. The Morgan fingerprint density at radius 1 is 1.06 bits per heavy atom. The van der Waals surface area contributed by atoms with E-state index in [0.717, 1.165) is 12.1 Å². The van der Waals surface area contributed by atoms with Gasteiger partial charge in [0, 0.05) is 30.9 Å². The summed E-state index contributed by atoms with van der Waals surface area (Å²) in [5.41, 5.74) is 2.72. The van der Waals surface area contributed by atoms with E-state index in [4.69, 9.17) is 4.74 Å². The number of amides is 2. The van der Waals surface area contributed by atoms with Gasteiger partial charge in [-0.2, -0.15) is 0 Å². The molecular weight excluding hydrogens is 436 g/mol. The summed E-state index contributed by atoms with van der Waals surface area (Å²) in [4.78, 5) is 38.2. The van der Waals surface area contributed by atoms with Crippen molar-refractivity contribution in [3.05, 3.63) is 69.3 Å². The monoisotopic (exact) mass is 464 g/mol. The minimum Gasteiger partial charge on any atom is -1.00 e. The molecule has 32 heavy (non-hydrogen) atoms. The number of nitro benzene ring substituents is 1. The molecule has 2 aromatic rings. The zero-order valence-electron chi connectivity index (χ0n) is 18.7. The van der Waals surface area contributed by atoms with Crippen molar-refractivity contribution < 1.29 is 37.0 Å². The summed E-state index contributed by atoms with van der Waals surface area (Å²) < 4.78 is 5.31. The standard InChI is InChI=1S/C22H28N4O5.ClH/c1-16-13-18(7-10-20(16)26(29)30)15-31-22(28)25(4)19-8-5-17(6-9-19)14-21(27)23-11-12-24(2)3;/h5-10,13H,11-12,14-15H2,1-4H3,(H,23,27);1H. The lowest BCUT2D eigenvalue weighted by molar-refractivity contribution is -0.568. The number of nitro groups is 1. The first-order valence-corrected chi connectivity index (χ1v) is 9.91. The number of halogens is 1. The first-order valence-electron chi connectivity index (χ1n) is 9.91. The van der Waals surface area contributed by atoms with Gasteiger partial charge in [-0.15, -0.1) is 0 Å². The number of quaternary nitrogens is 1. The molecule has 0 saturated heterocycles. The van der Waals surface area contributed by atoms with E-state index in [1.54, 1.807) is 43.6 Å². The highest BCUT2D eigenvalue weighted by molar-refractivity contribution is 5.87. The van der Waals surface area contributed by atoms with Crippen LogP contribution >= 0.6 is 0 Å². The number of hydrogen-bond acceptors (Lipinski definition) is 6. The van der Waals surface area contributed by atoms with E-state index in [9.17, 15) is 19.7 Å². The van der Waals surface area contributed by atoms with Crippen molar-refractivity contribution in [2.45, 2.75) is 20.0 Å². The summed E-state index contributed by atoms with van der Waals surface area (Å²) in [6.45, 7) is 3.20. The van der Waals surface area contributed by atoms with E-state index in [-0.39, 0.29) is 30.6 Å². The lowest BCUT2D eigenvalue weighted by atomic mass is 10.1. The highest BCUT2D eigenvalue weighted by Gasteiger charge is 2.15. The number of rotatable bonds is 9. The number of hydrogen-bond donors (Lipinski definition) is 1. The Balaban J connectivity index is 0.00000512. The Kier molecular flexibility index (Phi) is 10.8. The van der Waals surface area contributed by atoms with Crippen LogP contribution in [-0.4, -0.2) is 56.1 Å². The Morgan fingerprint density at radius 2 is 1.69 bits per heavy atom. The number of carbonyl (C=O) groups is 2. The predicted octanol–water partition coefficient (Wildman–Crippen LogP) is -1.13. The minimum atomic E-state index is -0.545. The average molecular weight is 465 g/mol. The number of primary amides is 1. The van der Waals surface area contributed by atoms with Gasteiger partial charge in [0.1, 0.15) is 6.61 Å². The minimum absolute atomic E-state index is 0. The van der Waals surface area contributed by atoms with Crippen molar-refractivity contribution in [3.63, 3.8) is 0 Å². The topological polar surface area (TPSA) is 110 Å². The molecule has 2 aromatic carbocycles. The fourth-order valence-electron chi connectivity index (χ4n) is 2.95. The summed E-state index contributed by atoms with van der Waals surface area (Å²) in [6.07, 6.45) is -0.224. The number of ether oxygens (including phenoxy) is 1. The summed E-state index contributed by atoms with van der Waals surface area (Å²) in [5, 5.41) is 12.6. The number of nitrogens with two attached hydrogens (primary N) is 1. The molecule has 10 heteroatoms. The Morgan fingerprint density at radius 3 is 2.25 bits per heavy atom. The molecule has 0 bridgehead atoms. The molecule has 2 amide bonds. The third-order valence-corrected chi connectivity index (χ3v) is 4.74. The summed E-state index contributed by atoms with van der Waals surface area (Å²) in [6, 6.07) is 11.8. The maximum atomic E-state index is 12.3. The van der Waals surface area contributed by atoms with Crippen LogP contribution in [0.15, 0.2) is 42.5 Å². The van der Waals surface area contributed by atoms with Crippen LogP contribution in [0.4, 0.5) is 16.2 Å². The van der Waals surface area contributed by atoms with Gasteiger partial charge in [-0.1, -0.05) is 12.1 Å². The second-order valence-electron chi connectivity index (χ2n) is 7.60. The summed E-state index contributed by atoms with van der Waals surface area (Å²) >= 11 is 0. The van der Waals surface area contributed by atoms with Gasteiger partial charge < -0.3 is 22.0 Å². The molecule has 0 saturated carbocycles. The number of aryl methyl sites for hydroxylation is 1. The van der Waals surface area contributed by atoms with E-state index in [2.05, 4.69) is 0 Å². The lowest BCUT2D eigenvalue weighted by Gasteiger charge is -2.17. The molecular formula is C22H29ClN4O5. The van der Waals surface area contributed by atoms with Gasteiger partial charge in [-0.3, -0.25) is 20.3 Å². The van der Waals surface area contributed by atoms with Crippen LogP contribution in [0.5, 0.6) is 0 Å². The van der Waals surface area contributed by atoms with Gasteiger partial charge in [0.05, 0.1) is 17.9 Å². The SMILES string of the molecule is Cc1cc(COC(=O)N(C)c2ccc(CC(=O)[NH2+]CCN(C)C)cc2)ccc1[N+](=O)[O-].[Cl-]. The fourth-order valence-corrected chi connectivity index (χ4v) is 2.95. The van der Waals surface area contributed by atoms with Gasteiger partial charge in [0.25, 0.3) is 5.69 Å². The average Bonchev–Trinajstić information content (AvgIpc) is 2.71. The van der Waals surface area contributed by atoms with Gasteiger partial charge in [0.2, 0.25) is 0 Å². The zero-order chi connectivity index (χ0) is 23.0.